The molecule has 0 aromatic heterocycles. The molecule has 0 spiro atoms. The predicted octanol–water partition coefficient (Wildman–Crippen LogP) is 5.23. The third-order valence-electron chi connectivity index (χ3n) is 5.24. The molecule has 2 rings (SSSR count). The molecule has 0 saturated carbocycles. The summed E-state index contributed by atoms with van der Waals surface area (Å²) in [4.78, 5) is 12.2. The molecule has 3 atom stereocenters. The minimum absolute atomic E-state index is 0.0700. The summed E-state index contributed by atoms with van der Waals surface area (Å²) in [6.45, 7) is 11.0. The van der Waals surface area contributed by atoms with Crippen LogP contribution >= 0.6 is 0 Å². The maximum Gasteiger partial charge on any atom is 0.137 e. The second kappa shape index (κ2) is 7.12. The number of Topliss-reactive ketones (excluding diaryl/α,β-unsaturated/α-hetero) is 1. The molecule has 1 fully saturated rings. The zero-order valence-electron chi connectivity index (χ0n) is 14.9. The van der Waals surface area contributed by atoms with Gasteiger partial charge in [0.05, 0.1) is 11.7 Å². The number of epoxide rings is 1. The van der Waals surface area contributed by atoms with Gasteiger partial charge in [-0.05, 0) is 51.4 Å². The fourth-order valence-corrected chi connectivity index (χ4v) is 3.45. The van der Waals surface area contributed by atoms with Crippen LogP contribution in [-0.4, -0.2) is 17.5 Å². The van der Waals surface area contributed by atoms with Crippen LogP contribution in [0.25, 0.3) is 0 Å². The molecular weight excluding hydrogens is 272 g/mol. The Kier molecular flexibility index (Phi) is 5.65. The van der Waals surface area contributed by atoms with Crippen LogP contribution in [0.15, 0.2) is 23.3 Å². The highest BCUT2D eigenvalue weighted by atomic mass is 16.6. The Morgan fingerprint density at radius 3 is 2.68 bits per heavy atom. The van der Waals surface area contributed by atoms with Crippen molar-refractivity contribution in [3.63, 3.8) is 0 Å². The van der Waals surface area contributed by atoms with Crippen molar-refractivity contribution in [3.05, 3.63) is 23.3 Å². The van der Waals surface area contributed by atoms with Gasteiger partial charge in [0, 0.05) is 12.8 Å². The highest BCUT2D eigenvalue weighted by molar-refractivity contribution is 5.80. The Bertz CT molecular complexity index is 472. The Hall–Kier alpha value is -0.890. The van der Waals surface area contributed by atoms with Gasteiger partial charge in [0.15, 0.2) is 0 Å². The highest BCUT2D eigenvalue weighted by Crippen LogP contribution is 2.44. The van der Waals surface area contributed by atoms with Gasteiger partial charge < -0.3 is 4.74 Å². The largest absolute Gasteiger partial charge is 0.366 e. The molecule has 0 aromatic rings. The topological polar surface area (TPSA) is 29.6 Å². The van der Waals surface area contributed by atoms with Crippen molar-refractivity contribution in [2.24, 2.45) is 11.8 Å². The number of ether oxygens (including phenoxy) is 1. The van der Waals surface area contributed by atoms with Crippen LogP contribution in [0.2, 0.25) is 0 Å². The Balaban J connectivity index is 2.14. The van der Waals surface area contributed by atoms with E-state index in [4.69, 9.17) is 4.74 Å². The van der Waals surface area contributed by atoms with E-state index in [0.29, 0.717) is 36.6 Å². The fourth-order valence-electron chi connectivity index (χ4n) is 3.45. The van der Waals surface area contributed by atoms with E-state index in [9.17, 15) is 4.79 Å². The number of hydrogen-bond acceptors (Lipinski definition) is 2. The lowest BCUT2D eigenvalue weighted by Gasteiger charge is -2.15. The van der Waals surface area contributed by atoms with Crippen LogP contribution in [0, 0.1) is 11.8 Å². The van der Waals surface area contributed by atoms with Crippen molar-refractivity contribution >= 4 is 5.78 Å². The first kappa shape index (κ1) is 17.5. The SMILES string of the molecule is C/C1=C\C=C(\C(C)C)CC[C@@]2(C)O[C@H]2CC[C@@H](C)CC(=O)C1. The molecule has 1 heterocycles. The predicted molar refractivity (Wildman–Crippen MR) is 91.8 cm³/mol. The zero-order valence-corrected chi connectivity index (χ0v) is 14.9. The van der Waals surface area contributed by atoms with E-state index in [1.807, 2.05) is 0 Å². The van der Waals surface area contributed by atoms with Gasteiger partial charge in [-0.15, -0.1) is 0 Å². The second-order valence-electron chi connectivity index (χ2n) is 7.93. The van der Waals surface area contributed by atoms with Gasteiger partial charge in [-0.2, -0.15) is 0 Å². The average molecular weight is 304 g/mol. The average Bonchev–Trinajstić information content (AvgIpc) is 3.06. The number of allylic oxidation sites excluding steroid dienone is 4. The van der Waals surface area contributed by atoms with Crippen LogP contribution in [0.4, 0.5) is 0 Å². The van der Waals surface area contributed by atoms with E-state index in [2.05, 4.69) is 46.8 Å². The molecule has 1 saturated heterocycles. The van der Waals surface area contributed by atoms with Crippen molar-refractivity contribution in [1.82, 2.24) is 0 Å². The zero-order chi connectivity index (χ0) is 16.3. The smallest absolute Gasteiger partial charge is 0.137 e. The Labute approximate surface area is 136 Å². The summed E-state index contributed by atoms with van der Waals surface area (Å²) in [5, 5.41) is 0. The molecule has 0 bridgehead atoms. The molecule has 124 valence electrons. The molecule has 0 aromatic carbocycles. The van der Waals surface area contributed by atoms with Gasteiger partial charge in [-0.25, -0.2) is 0 Å². The summed E-state index contributed by atoms with van der Waals surface area (Å²) in [7, 11) is 0. The van der Waals surface area contributed by atoms with Gasteiger partial charge in [-0.3, -0.25) is 4.79 Å². The van der Waals surface area contributed by atoms with E-state index in [1.54, 1.807) is 0 Å². The van der Waals surface area contributed by atoms with E-state index in [-0.39, 0.29) is 5.60 Å². The highest BCUT2D eigenvalue weighted by Gasteiger charge is 2.50. The summed E-state index contributed by atoms with van der Waals surface area (Å²) in [6, 6.07) is 0. The maximum absolute atomic E-state index is 12.2. The van der Waals surface area contributed by atoms with Crippen LogP contribution in [0.5, 0.6) is 0 Å². The van der Waals surface area contributed by atoms with Crippen molar-refractivity contribution in [1.29, 1.82) is 0 Å². The summed E-state index contributed by atoms with van der Waals surface area (Å²) in [6.07, 6.45) is 10.5. The lowest BCUT2D eigenvalue weighted by molar-refractivity contribution is -0.119. The molecule has 0 amide bonds. The van der Waals surface area contributed by atoms with Crippen LogP contribution < -0.4 is 0 Å². The Morgan fingerprint density at radius 1 is 1.27 bits per heavy atom. The van der Waals surface area contributed by atoms with E-state index < -0.39 is 0 Å². The molecule has 22 heavy (non-hydrogen) atoms. The first-order valence-electron chi connectivity index (χ1n) is 8.86. The minimum Gasteiger partial charge on any atom is -0.366 e. The van der Waals surface area contributed by atoms with Gasteiger partial charge in [0.1, 0.15) is 5.78 Å². The summed E-state index contributed by atoms with van der Waals surface area (Å²) < 4.78 is 5.98. The fraction of sp³-hybridized carbons (Fsp3) is 0.750. The van der Waals surface area contributed by atoms with E-state index >= 15 is 0 Å². The van der Waals surface area contributed by atoms with E-state index in [0.717, 1.165) is 25.7 Å². The van der Waals surface area contributed by atoms with Crippen molar-refractivity contribution < 1.29 is 9.53 Å². The molecule has 2 aliphatic rings. The lowest BCUT2D eigenvalue weighted by atomic mass is 9.88. The molecule has 1 aliphatic heterocycles. The Morgan fingerprint density at radius 2 is 2.00 bits per heavy atom. The number of rotatable bonds is 1. The number of hydrogen-bond donors (Lipinski definition) is 0. The van der Waals surface area contributed by atoms with Crippen molar-refractivity contribution in [2.75, 3.05) is 0 Å². The van der Waals surface area contributed by atoms with E-state index in [1.165, 1.54) is 11.1 Å². The van der Waals surface area contributed by atoms with Crippen LogP contribution in [0.1, 0.15) is 73.1 Å². The summed E-state index contributed by atoms with van der Waals surface area (Å²) >= 11 is 0. The first-order valence-corrected chi connectivity index (χ1v) is 8.86. The summed E-state index contributed by atoms with van der Waals surface area (Å²) in [5.74, 6) is 1.39. The van der Waals surface area contributed by atoms with Crippen molar-refractivity contribution in [3.8, 4) is 0 Å². The molecule has 2 nitrogen and oxygen atoms in total. The summed E-state index contributed by atoms with van der Waals surface area (Å²) in [5.41, 5.74) is 2.72. The van der Waals surface area contributed by atoms with Gasteiger partial charge in [-0.1, -0.05) is 44.1 Å². The quantitative estimate of drug-likeness (QED) is 0.621. The molecular formula is C20H32O2. The normalized spacial score (nSPS) is 39.3. The number of carbonyl (C=O) groups excluding carboxylic acids is 1. The molecule has 0 unspecified atom stereocenters. The first-order chi connectivity index (χ1) is 10.3. The van der Waals surface area contributed by atoms with Crippen LogP contribution in [-0.2, 0) is 9.53 Å². The number of carbonyl (C=O) groups is 1. The van der Waals surface area contributed by atoms with Crippen LogP contribution in [0.3, 0.4) is 0 Å². The third-order valence-corrected chi connectivity index (χ3v) is 5.24. The standard InChI is InChI=1S/C20H32O2/c1-14(2)17-8-6-15(3)12-18(21)13-16(4)7-9-19-20(5,22-19)11-10-17/h6,8,14,16,19H,7,9-13H2,1-5H3/b15-6+,17-8+/t16-,19+,20-/m1/s1. The van der Waals surface area contributed by atoms with Gasteiger partial charge in [0.25, 0.3) is 0 Å². The van der Waals surface area contributed by atoms with Crippen molar-refractivity contribution in [2.45, 2.75) is 84.8 Å². The molecule has 0 N–H and O–H groups in total. The minimum atomic E-state index is 0.0700. The van der Waals surface area contributed by atoms with Gasteiger partial charge >= 0.3 is 0 Å². The molecule has 2 heteroatoms. The lowest BCUT2D eigenvalue weighted by Crippen LogP contribution is -2.13. The maximum atomic E-state index is 12.2. The monoisotopic (exact) mass is 304 g/mol. The molecule has 0 radical (unpaired) electrons. The number of fused-ring (bicyclic) bond motifs is 1. The van der Waals surface area contributed by atoms with Gasteiger partial charge in [0.2, 0.25) is 0 Å². The molecule has 1 aliphatic carbocycles. The third kappa shape index (κ3) is 4.81. The second-order valence-corrected chi connectivity index (χ2v) is 7.93. The number of ketones is 1.